The third kappa shape index (κ3) is 16.0. The summed E-state index contributed by atoms with van der Waals surface area (Å²) in [6.07, 6.45) is 2.69. The van der Waals surface area contributed by atoms with Crippen LogP contribution in [0, 0.1) is 11.8 Å². The van der Waals surface area contributed by atoms with Crippen molar-refractivity contribution in [3.63, 3.8) is 0 Å². The molecule has 11 nitrogen and oxygen atoms in total. The summed E-state index contributed by atoms with van der Waals surface area (Å²) in [5.74, 6) is -1.24. The molecule has 0 spiro atoms. The van der Waals surface area contributed by atoms with Crippen molar-refractivity contribution in [2.75, 3.05) is 25.7 Å². The summed E-state index contributed by atoms with van der Waals surface area (Å²) in [6, 6.07) is 8.37. The van der Waals surface area contributed by atoms with Crippen LogP contribution in [0.15, 0.2) is 59.5 Å². The standard InChI is InChI=1S/C47H84O11S2Si2/c1-17-18-22-36-28-34(3)42(55-36)26-25-37(57-59(12,49)50)27-33(2)35(4)41(48)30-43-40(32-60(51,52)39-23-20-19-21-24-39)45(53-11)44(56-43)29-38(58-62(15,16)47(8,9)10)31-54-61(13,14)46(5,6)7/h19-21,23-24,33,36-38,40-45,48H,3-4,17-18,22,25-32H2,1-2,5-16H3/t33-,36+,37-,38+,40+,41?,42?,43+,44-,45-/m1/s1. The van der Waals surface area contributed by atoms with Crippen LogP contribution in [0.1, 0.15) is 113 Å². The average molecular weight is 945 g/mol. The van der Waals surface area contributed by atoms with Crippen molar-refractivity contribution < 1.29 is 49.2 Å². The molecule has 358 valence electrons. The Kier molecular flexibility index (Phi) is 20.0. The summed E-state index contributed by atoms with van der Waals surface area (Å²) >= 11 is 0. The van der Waals surface area contributed by atoms with Crippen molar-refractivity contribution in [3.05, 3.63) is 54.6 Å². The third-order valence-corrected chi connectivity index (χ3v) is 25.4. The van der Waals surface area contributed by atoms with Gasteiger partial charge in [0.2, 0.25) is 0 Å². The van der Waals surface area contributed by atoms with Gasteiger partial charge in [-0.1, -0.05) is 99.6 Å². The highest BCUT2D eigenvalue weighted by Crippen LogP contribution is 2.43. The van der Waals surface area contributed by atoms with Gasteiger partial charge in [0.15, 0.2) is 26.5 Å². The molecule has 3 rings (SSSR count). The van der Waals surface area contributed by atoms with E-state index < -0.39 is 73.0 Å². The first-order valence-electron chi connectivity index (χ1n) is 22.8. The number of rotatable bonds is 25. The van der Waals surface area contributed by atoms with Crippen molar-refractivity contribution in [2.45, 2.75) is 203 Å². The molecule has 10 atom stereocenters. The molecule has 1 aromatic carbocycles. The number of sulfone groups is 1. The summed E-state index contributed by atoms with van der Waals surface area (Å²) in [5.41, 5.74) is 1.51. The Morgan fingerprint density at radius 2 is 1.53 bits per heavy atom. The lowest BCUT2D eigenvalue weighted by Crippen LogP contribution is -2.49. The normalized spacial score (nSPS) is 25.2. The van der Waals surface area contributed by atoms with Gasteiger partial charge in [-0.2, -0.15) is 8.42 Å². The summed E-state index contributed by atoms with van der Waals surface area (Å²) < 4.78 is 91.7. The summed E-state index contributed by atoms with van der Waals surface area (Å²) in [6.45, 7) is 35.0. The molecule has 1 aromatic rings. The molecule has 0 saturated carbocycles. The van der Waals surface area contributed by atoms with E-state index in [0.29, 0.717) is 37.9 Å². The topological polar surface area (TPSA) is 144 Å². The van der Waals surface area contributed by atoms with Crippen LogP contribution in [0.25, 0.3) is 0 Å². The van der Waals surface area contributed by atoms with Gasteiger partial charge in [-0.05, 0) is 97.6 Å². The number of ether oxygens (including phenoxy) is 3. The van der Waals surface area contributed by atoms with Gasteiger partial charge < -0.3 is 28.2 Å². The number of hydrogen-bond donors (Lipinski definition) is 1. The fourth-order valence-electron chi connectivity index (χ4n) is 8.05. The highest BCUT2D eigenvalue weighted by molar-refractivity contribution is 7.91. The predicted molar refractivity (Wildman–Crippen MR) is 256 cm³/mol. The molecule has 2 aliphatic rings. The number of benzene rings is 1. The third-order valence-electron chi connectivity index (χ3n) is 14.0. The smallest absolute Gasteiger partial charge is 0.264 e. The fraction of sp³-hybridized carbons (Fsp3) is 0.787. The van der Waals surface area contributed by atoms with Crippen LogP contribution in [-0.4, -0.2) is 113 Å². The molecule has 2 aliphatic heterocycles. The molecule has 15 heteroatoms. The van der Waals surface area contributed by atoms with Crippen molar-refractivity contribution in [3.8, 4) is 0 Å². The zero-order valence-corrected chi connectivity index (χ0v) is 44.3. The van der Waals surface area contributed by atoms with Gasteiger partial charge >= 0.3 is 0 Å². The van der Waals surface area contributed by atoms with Crippen LogP contribution in [0.5, 0.6) is 0 Å². The Hall–Kier alpha value is -1.25. The molecule has 62 heavy (non-hydrogen) atoms. The van der Waals surface area contributed by atoms with Crippen molar-refractivity contribution in [1.29, 1.82) is 0 Å². The van der Waals surface area contributed by atoms with Crippen molar-refractivity contribution in [2.24, 2.45) is 11.8 Å². The van der Waals surface area contributed by atoms with Gasteiger partial charge in [-0.15, -0.1) is 0 Å². The van der Waals surface area contributed by atoms with Crippen LogP contribution in [0.4, 0.5) is 0 Å². The highest BCUT2D eigenvalue weighted by Gasteiger charge is 2.50. The van der Waals surface area contributed by atoms with Gasteiger partial charge in [-0.3, -0.25) is 4.18 Å². The molecular weight excluding hydrogens is 861 g/mol. The van der Waals surface area contributed by atoms with Crippen molar-refractivity contribution in [1.82, 2.24) is 0 Å². The first kappa shape index (κ1) is 55.1. The van der Waals surface area contributed by atoms with Gasteiger partial charge in [-0.25, -0.2) is 8.42 Å². The predicted octanol–water partition coefficient (Wildman–Crippen LogP) is 10.0. The lowest BCUT2D eigenvalue weighted by Gasteiger charge is -2.42. The number of aliphatic hydroxyl groups excluding tert-OH is 1. The summed E-state index contributed by atoms with van der Waals surface area (Å²) in [7, 11) is -10.5. The van der Waals surface area contributed by atoms with Gasteiger partial charge in [0.1, 0.15) is 0 Å². The minimum absolute atomic E-state index is 0.0148. The van der Waals surface area contributed by atoms with Crippen LogP contribution < -0.4 is 0 Å². The Balaban J connectivity index is 1.89. The maximum Gasteiger partial charge on any atom is 0.264 e. The average Bonchev–Trinajstić information content (AvgIpc) is 3.66. The molecule has 2 fully saturated rings. The molecular formula is C47H84O11S2Si2. The van der Waals surface area contributed by atoms with E-state index >= 15 is 0 Å². The largest absolute Gasteiger partial charge is 0.414 e. The Bertz CT molecular complexity index is 1810. The van der Waals surface area contributed by atoms with Crippen molar-refractivity contribution >= 4 is 36.6 Å². The zero-order chi connectivity index (χ0) is 47.1. The van der Waals surface area contributed by atoms with Gasteiger partial charge in [0.05, 0.1) is 72.3 Å². The summed E-state index contributed by atoms with van der Waals surface area (Å²) in [4.78, 5) is 0.206. The number of unbranched alkanes of at least 4 members (excludes halogenated alkanes) is 1. The maximum absolute atomic E-state index is 14.0. The molecule has 0 aromatic heterocycles. The number of aliphatic hydroxyl groups is 1. The van der Waals surface area contributed by atoms with E-state index in [2.05, 4.69) is 87.8 Å². The van der Waals surface area contributed by atoms with Crippen LogP contribution in [-0.2, 0) is 47.2 Å². The van der Waals surface area contributed by atoms with E-state index in [9.17, 15) is 21.9 Å². The first-order chi connectivity index (χ1) is 28.4. The number of hydrogen-bond acceptors (Lipinski definition) is 11. The molecule has 0 aliphatic carbocycles. The Morgan fingerprint density at radius 3 is 2.08 bits per heavy atom. The quantitative estimate of drug-likeness (QED) is 0.0568. The SMILES string of the molecule is C=C1C[C@H](CCCC)OC1CC[C@H](C[C@@H](C)C(=C)C(O)C[C@@H]1O[C@H](C[C@@H](CO[Si](C)(C)C(C)(C)C)O[Si](C)(C)C(C)(C)C)[C@H](OC)[C@H]1CS(=O)(=O)c1ccccc1)OS(C)(=O)=O. The molecule has 0 bridgehead atoms. The maximum atomic E-state index is 14.0. The van der Waals surface area contributed by atoms with Crippen LogP contribution in [0.2, 0.25) is 36.3 Å². The minimum atomic E-state index is -3.79. The van der Waals surface area contributed by atoms with E-state index in [4.69, 9.17) is 27.2 Å². The molecule has 1 N–H and O–H groups in total. The lowest BCUT2D eigenvalue weighted by molar-refractivity contribution is -0.0430. The Morgan fingerprint density at radius 1 is 0.919 bits per heavy atom. The van der Waals surface area contributed by atoms with E-state index in [1.165, 1.54) is 0 Å². The second-order valence-electron chi connectivity index (χ2n) is 21.2. The monoisotopic (exact) mass is 944 g/mol. The fourth-order valence-corrected chi connectivity index (χ4v) is 12.8. The van der Waals surface area contributed by atoms with E-state index in [1.54, 1.807) is 37.4 Å². The molecule has 2 heterocycles. The minimum Gasteiger partial charge on any atom is -0.414 e. The van der Waals surface area contributed by atoms with E-state index in [0.717, 1.165) is 37.5 Å². The van der Waals surface area contributed by atoms with Crippen LogP contribution >= 0.6 is 0 Å². The summed E-state index contributed by atoms with van der Waals surface area (Å²) in [5, 5.41) is 11.8. The molecule has 0 radical (unpaired) electrons. The zero-order valence-electron chi connectivity index (χ0n) is 40.7. The first-order valence-corrected chi connectivity index (χ1v) is 32.1. The van der Waals surface area contributed by atoms with E-state index in [-0.39, 0.29) is 51.4 Å². The van der Waals surface area contributed by atoms with E-state index in [1.807, 2.05) is 6.92 Å². The molecule has 0 amide bonds. The second-order valence-corrected chi connectivity index (χ2v) is 34.4. The molecule has 2 saturated heterocycles. The number of methoxy groups -OCH3 is 1. The Labute approximate surface area is 379 Å². The van der Waals surface area contributed by atoms with Gasteiger partial charge in [0, 0.05) is 25.9 Å². The van der Waals surface area contributed by atoms with Crippen LogP contribution in [0.3, 0.4) is 0 Å². The molecule has 2 unspecified atom stereocenters. The lowest BCUT2D eigenvalue weighted by atomic mass is 9.86. The highest BCUT2D eigenvalue weighted by atomic mass is 32.2. The second kappa shape index (κ2) is 22.5. The van der Waals surface area contributed by atoms with Gasteiger partial charge in [0.25, 0.3) is 10.1 Å².